The van der Waals surface area contributed by atoms with E-state index in [9.17, 15) is 0 Å². The third-order valence-corrected chi connectivity index (χ3v) is 5.79. The summed E-state index contributed by atoms with van der Waals surface area (Å²) in [4.78, 5) is 1.22. The van der Waals surface area contributed by atoms with Gasteiger partial charge in [-0.3, -0.25) is 0 Å². The largest absolute Gasteiger partial charge is 0.464 e. The first kappa shape index (κ1) is 15.0. The highest BCUT2D eigenvalue weighted by atomic mass is 35.5. The van der Waals surface area contributed by atoms with Gasteiger partial charge in [0.15, 0.2) is 0 Å². The van der Waals surface area contributed by atoms with Gasteiger partial charge in [0.2, 0.25) is 6.23 Å². The average molecular weight is 367 g/mol. The lowest BCUT2D eigenvalue weighted by molar-refractivity contribution is -0.0190. The van der Waals surface area contributed by atoms with Crippen molar-refractivity contribution >= 4 is 28.6 Å². The Bertz CT molecular complexity index is 954. The summed E-state index contributed by atoms with van der Waals surface area (Å²) in [6.07, 6.45) is 0.619. The number of ether oxygens (including phenoxy) is 1. The SMILES string of the molecule is Clc1cccc(C2Oc3ccccc3C3CC(c4cccs4)=NN32)c1. The number of rotatable bonds is 2. The van der Waals surface area contributed by atoms with Crippen LogP contribution in [0.15, 0.2) is 71.1 Å². The second kappa shape index (κ2) is 5.90. The number of thiophene rings is 1. The van der Waals surface area contributed by atoms with Gasteiger partial charge in [0.1, 0.15) is 5.75 Å². The topological polar surface area (TPSA) is 24.8 Å². The van der Waals surface area contributed by atoms with E-state index in [2.05, 4.69) is 34.7 Å². The second-order valence-corrected chi connectivity index (χ2v) is 7.57. The molecule has 0 amide bonds. The molecule has 2 aliphatic heterocycles. The zero-order valence-electron chi connectivity index (χ0n) is 13.3. The molecule has 2 atom stereocenters. The van der Waals surface area contributed by atoms with E-state index in [0.717, 1.165) is 23.4 Å². The number of hydrogen-bond donors (Lipinski definition) is 0. The highest BCUT2D eigenvalue weighted by Gasteiger charge is 2.40. The van der Waals surface area contributed by atoms with Crippen LogP contribution in [0.1, 0.15) is 34.7 Å². The molecule has 3 aromatic rings. The number of hydrazone groups is 1. The zero-order valence-corrected chi connectivity index (χ0v) is 14.9. The molecular weight excluding hydrogens is 352 g/mol. The Morgan fingerprint density at radius 1 is 1.08 bits per heavy atom. The molecule has 0 N–H and O–H groups in total. The van der Waals surface area contributed by atoms with E-state index in [1.807, 2.05) is 36.4 Å². The Hall–Kier alpha value is -2.30. The maximum absolute atomic E-state index is 6.32. The number of para-hydroxylation sites is 1. The molecule has 0 saturated heterocycles. The molecule has 1 aromatic heterocycles. The number of nitrogens with zero attached hydrogens (tertiary/aromatic N) is 2. The summed E-state index contributed by atoms with van der Waals surface area (Å²) in [5, 5.41) is 9.82. The lowest BCUT2D eigenvalue weighted by Crippen LogP contribution is -2.33. The molecule has 0 fully saturated rings. The molecule has 2 unspecified atom stereocenters. The van der Waals surface area contributed by atoms with Crippen molar-refractivity contribution in [2.75, 3.05) is 0 Å². The molecule has 3 heterocycles. The summed E-state index contributed by atoms with van der Waals surface area (Å²) < 4.78 is 6.32. The first-order valence-electron chi connectivity index (χ1n) is 8.20. The summed E-state index contributed by atoms with van der Waals surface area (Å²) in [5.41, 5.74) is 3.33. The van der Waals surface area contributed by atoms with Crippen molar-refractivity contribution in [1.82, 2.24) is 5.01 Å². The summed E-state index contributed by atoms with van der Waals surface area (Å²) in [7, 11) is 0. The van der Waals surface area contributed by atoms with E-state index >= 15 is 0 Å². The molecule has 5 heteroatoms. The number of fused-ring (bicyclic) bond motifs is 3. The van der Waals surface area contributed by atoms with Crippen molar-refractivity contribution in [2.45, 2.75) is 18.7 Å². The van der Waals surface area contributed by atoms with E-state index < -0.39 is 0 Å². The molecule has 0 aliphatic carbocycles. The van der Waals surface area contributed by atoms with Crippen LogP contribution in [0.5, 0.6) is 5.75 Å². The minimum atomic E-state index is -0.268. The molecule has 0 bridgehead atoms. The predicted octanol–water partition coefficient (Wildman–Crippen LogP) is 5.64. The Balaban J connectivity index is 1.62. The maximum atomic E-state index is 6.32. The molecule has 0 radical (unpaired) electrons. The standard InChI is InChI=1S/C20H15ClN2OS/c21-14-6-3-5-13(11-14)20-23-17(15-7-1-2-8-18(15)24-20)12-16(22-23)19-9-4-10-25-19/h1-11,17,20H,12H2. The van der Waals surface area contributed by atoms with Crippen molar-refractivity contribution in [3.05, 3.63) is 87.1 Å². The molecule has 0 spiro atoms. The van der Waals surface area contributed by atoms with E-state index in [1.54, 1.807) is 11.3 Å². The first-order chi connectivity index (χ1) is 12.3. The Morgan fingerprint density at radius 3 is 2.84 bits per heavy atom. The summed E-state index contributed by atoms with van der Waals surface area (Å²) >= 11 is 7.94. The van der Waals surface area contributed by atoms with Gasteiger partial charge in [-0.1, -0.05) is 48.0 Å². The third kappa shape index (κ3) is 2.53. The van der Waals surface area contributed by atoms with Gasteiger partial charge in [0.05, 0.1) is 16.6 Å². The van der Waals surface area contributed by atoms with Crippen LogP contribution in [0.25, 0.3) is 0 Å². The third-order valence-electron chi connectivity index (χ3n) is 4.64. The van der Waals surface area contributed by atoms with Crippen LogP contribution in [-0.4, -0.2) is 10.7 Å². The molecule has 5 rings (SSSR count). The van der Waals surface area contributed by atoms with Gasteiger partial charge in [-0.25, -0.2) is 5.01 Å². The van der Waals surface area contributed by atoms with Crippen LogP contribution < -0.4 is 4.74 Å². The van der Waals surface area contributed by atoms with Crippen LogP contribution in [0, 0.1) is 0 Å². The lowest BCUT2D eigenvalue weighted by Gasteiger charge is -2.38. The fourth-order valence-corrected chi connectivity index (χ4v) is 4.43. The molecule has 2 aliphatic rings. The van der Waals surface area contributed by atoms with E-state index in [4.69, 9.17) is 21.4 Å². The smallest absolute Gasteiger partial charge is 0.213 e. The monoisotopic (exact) mass is 366 g/mol. The Labute approximate surface area is 155 Å². The van der Waals surface area contributed by atoms with Crippen molar-refractivity contribution in [1.29, 1.82) is 0 Å². The molecule has 124 valence electrons. The lowest BCUT2D eigenvalue weighted by atomic mass is 9.98. The molecule has 25 heavy (non-hydrogen) atoms. The normalized spacial score (nSPS) is 21.3. The van der Waals surface area contributed by atoms with Crippen LogP contribution in [-0.2, 0) is 0 Å². The van der Waals surface area contributed by atoms with Gasteiger partial charge in [0, 0.05) is 22.6 Å². The Kier molecular flexibility index (Phi) is 3.54. The van der Waals surface area contributed by atoms with E-state index in [-0.39, 0.29) is 12.3 Å². The molecule has 0 saturated carbocycles. The quantitative estimate of drug-likeness (QED) is 0.586. The van der Waals surface area contributed by atoms with Crippen molar-refractivity contribution in [3.63, 3.8) is 0 Å². The van der Waals surface area contributed by atoms with Gasteiger partial charge in [0.25, 0.3) is 0 Å². The minimum absolute atomic E-state index is 0.186. The van der Waals surface area contributed by atoms with Crippen molar-refractivity contribution in [3.8, 4) is 5.75 Å². The van der Waals surface area contributed by atoms with Crippen LogP contribution in [0.2, 0.25) is 5.02 Å². The fraction of sp³-hybridized carbons (Fsp3) is 0.150. The van der Waals surface area contributed by atoms with Crippen molar-refractivity contribution in [2.24, 2.45) is 5.10 Å². The highest BCUT2D eigenvalue weighted by Crippen LogP contribution is 2.47. The van der Waals surface area contributed by atoms with Crippen LogP contribution in [0.3, 0.4) is 0 Å². The van der Waals surface area contributed by atoms with Crippen LogP contribution >= 0.6 is 22.9 Å². The van der Waals surface area contributed by atoms with E-state index in [0.29, 0.717) is 5.02 Å². The summed E-state index contributed by atoms with van der Waals surface area (Å²) in [6.45, 7) is 0. The number of benzene rings is 2. The number of hydrogen-bond acceptors (Lipinski definition) is 4. The molecular formula is C20H15ClN2OS. The Morgan fingerprint density at radius 2 is 2.00 bits per heavy atom. The maximum Gasteiger partial charge on any atom is 0.213 e. The number of halogens is 1. The zero-order chi connectivity index (χ0) is 16.8. The minimum Gasteiger partial charge on any atom is -0.464 e. The second-order valence-electron chi connectivity index (χ2n) is 6.19. The van der Waals surface area contributed by atoms with E-state index in [1.165, 1.54) is 10.4 Å². The van der Waals surface area contributed by atoms with Gasteiger partial charge in [-0.2, -0.15) is 5.10 Å². The summed E-state index contributed by atoms with van der Waals surface area (Å²) in [5.74, 6) is 0.927. The predicted molar refractivity (Wildman–Crippen MR) is 101 cm³/mol. The summed E-state index contributed by atoms with van der Waals surface area (Å²) in [6, 6.07) is 20.5. The van der Waals surface area contributed by atoms with Gasteiger partial charge in [-0.05, 0) is 29.6 Å². The molecule has 2 aromatic carbocycles. The molecule has 3 nitrogen and oxygen atoms in total. The average Bonchev–Trinajstić information content (AvgIpc) is 3.30. The van der Waals surface area contributed by atoms with Crippen LogP contribution in [0.4, 0.5) is 0 Å². The van der Waals surface area contributed by atoms with Gasteiger partial charge >= 0.3 is 0 Å². The van der Waals surface area contributed by atoms with Crippen molar-refractivity contribution < 1.29 is 4.74 Å². The highest BCUT2D eigenvalue weighted by molar-refractivity contribution is 7.12. The van der Waals surface area contributed by atoms with Gasteiger partial charge < -0.3 is 4.74 Å². The first-order valence-corrected chi connectivity index (χ1v) is 9.46. The fourth-order valence-electron chi connectivity index (χ4n) is 3.51. The van der Waals surface area contributed by atoms with Gasteiger partial charge in [-0.15, -0.1) is 11.3 Å².